The summed E-state index contributed by atoms with van der Waals surface area (Å²) in [5.41, 5.74) is 2.01. The minimum absolute atomic E-state index is 0.264. The van der Waals surface area contributed by atoms with Crippen LogP contribution in [0.3, 0.4) is 0 Å². The predicted octanol–water partition coefficient (Wildman–Crippen LogP) is 5.65. The van der Waals surface area contributed by atoms with E-state index >= 15 is 0 Å². The Kier molecular flexibility index (Phi) is 4.10. The maximum atomic E-state index is 13.8. The Bertz CT molecular complexity index is 566. The van der Waals surface area contributed by atoms with Gasteiger partial charge in [-0.15, -0.1) is 0 Å². The number of benzene rings is 1. The highest BCUT2D eigenvalue weighted by Crippen LogP contribution is 2.41. The predicted molar refractivity (Wildman–Crippen MR) is 78.4 cm³/mol. The van der Waals surface area contributed by atoms with Gasteiger partial charge in [-0.3, -0.25) is 0 Å². The van der Waals surface area contributed by atoms with Crippen LogP contribution < -0.4 is 0 Å². The molecule has 0 amide bonds. The fourth-order valence-corrected chi connectivity index (χ4v) is 3.91. The van der Waals surface area contributed by atoms with Gasteiger partial charge in [-0.1, -0.05) is 31.4 Å². The van der Waals surface area contributed by atoms with Gasteiger partial charge in [0.1, 0.15) is 0 Å². The number of rotatable bonds is 3. The number of fused-ring (bicyclic) bond motifs is 1. The number of hydrogen-bond acceptors (Lipinski definition) is 0. The third-order valence-electron chi connectivity index (χ3n) is 5.08. The van der Waals surface area contributed by atoms with Gasteiger partial charge in [0.15, 0.2) is 17.5 Å². The topological polar surface area (TPSA) is 0 Å². The normalized spacial score (nSPS) is 24.9. The van der Waals surface area contributed by atoms with E-state index in [2.05, 4.69) is 6.92 Å². The molecule has 0 bridgehead atoms. The molecule has 3 rings (SSSR count). The number of hydrogen-bond donors (Lipinski definition) is 0. The standard InChI is InChI=1S/C18H21F3/c1-2-3-11-4-6-12(7-5-11)13-8-14-10-16(19)18(21)17(20)15(14)9-13/h9-12H,2-8H2,1H3/t11-,12-. The van der Waals surface area contributed by atoms with E-state index in [4.69, 9.17) is 0 Å². The molecule has 0 radical (unpaired) electrons. The molecule has 3 heteroatoms. The van der Waals surface area contributed by atoms with Gasteiger partial charge in [-0.25, -0.2) is 13.2 Å². The minimum Gasteiger partial charge on any atom is -0.204 e. The van der Waals surface area contributed by atoms with Crippen molar-refractivity contribution < 1.29 is 13.2 Å². The molecule has 0 heterocycles. The molecule has 1 saturated carbocycles. The largest absolute Gasteiger partial charge is 0.204 e. The highest BCUT2D eigenvalue weighted by molar-refractivity contribution is 5.65. The molecule has 0 atom stereocenters. The van der Waals surface area contributed by atoms with Gasteiger partial charge in [-0.05, 0) is 55.6 Å². The quantitative estimate of drug-likeness (QED) is 0.632. The molecule has 2 aliphatic carbocycles. The highest BCUT2D eigenvalue weighted by Gasteiger charge is 2.28. The van der Waals surface area contributed by atoms with E-state index in [9.17, 15) is 13.2 Å². The highest BCUT2D eigenvalue weighted by atomic mass is 19.2. The van der Waals surface area contributed by atoms with Crippen molar-refractivity contribution in [2.75, 3.05) is 0 Å². The number of allylic oxidation sites excluding steroid dienone is 1. The van der Waals surface area contributed by atoms with Crippen molar-refractivity contribution in [3.8, 4) is 0 Å². The second-order valence-corrected chi connectivity index (χ2v) is 6.46. The first-order valence-corrected chi connectivity index (χ1v) is 7.97. The summed E-state index contributed by atoms with van der Waals surface area (Å²) in [6.07, 6.45) is 9.54. The Labute approximate surface area is 124 Å². The van der Waals surface area contributed by atoms with Crippen molar-refractivity contribution in [2.24, 2.45) is 11.8 Å². The van der Waals surface area contributed by atoms with Crippen LogP contribution in [0.1, 0.15) is 56.6 Å². The van der Waals surface area contributed by atoms with Crippen LogP contribution in [0.5, 0.6) is 0 Å². The van der Waals surface area contributed by atoms with E-state index < -0.39 is 17.5 Å². The average molecular weight is 294 g/mol. The van der Waals surface area contributed by atoms with Crippen molar-refractivity contribution in [3.63, 3.8) is 0 Å². The summed E-state index contributed by atoms with van der Waals surface area (Å²) < 4.78 is 40.4. The molecule has 0 unspecified atom stereocenters. The monoisotopic (exact) mass is 294 g/mol. The molecule has 114 valence electrons. The van der Waals surface area contributed by atoms with Crippen molar-refractivity contribution >= 4 is 6.08 Å². The fourth-order valence-electron chi connectivity index (χ4n) is 3.91. The molecule has 0 nitrogen and oxygen atoms in total. The van der Waals surface area contributed by atoms with Crippen molar-refractivity contribution in [1.82, 2.24) is 0 Å². The van der Waals surface area contributed by atoms with E-state index in [-0.39, 0.29) is 5.56 Å². The first-order chi connectivity index (χ1) is 10.1. The zero-order valence-corrected chi connectivity index (χ0v) is 12.4. The van der Waals surface area contributed by atoms with Crippen LogP contribution in [0.25, 0.3) is 6.08 Å². The van der Waals surface area contributed by atoms with E-state index in [1.54, 1.807) is 6.08 Å². The van der Waals surface area contributed by atoms with Gasteiger partial charge >= 0.3 is 0 Å². The molecular formula is C18H21F3. The summed E-state index contributed by atoms with van der Waals surface area (Å²) in [5, 5.41) is 0. The van der Waals surface area contributed by atoms with E-state index in [1.165, 1.54) is 25.7 Å². The Balaban J connectivity index is 1.74. The summed E-state index contributed by atoms with van der Waals surface area (Å²) in [7, 11) is 0. The van der Waals surface area contributed by atoms with Gasteiger partial charge in [0.05, 0.1) is 0 Å². The minimum atomic E-state index is -1.35. The van der Waals surface area contributed by atoms with Crippen molar-refractivity contribution in [1.29, 1.82) is 0 Å². The molecule has 0 saturated heterocycles. The second kappa shape index (κ2) is 5.86. The van der Waals surface area contributed by atoms with Crippen LogP contribution in [0.15, 0.2) is 11.6 Å². The molecule has 21 heavy (non-hydrogen) atoms. The molecule has 1 aromatic carbocycles. The Morgan fingerprint density at radius 3 is 2.43 bits per heavy atom. The molecular weight excluding hydrogens is 273 g/mol. The molecule has 0 spiro atoms. The van der Waals surface area contributed by atoms with Gasteiger partial charge in [0, 0.05) is 5.56 Å². The van der Waals surface area contributed by atoms with Crippen LogP contribution in [0.2, 0.25) is 0 Å². The second-order valence-electron chi connectivity index (χ2n) is 6.46. The molecule has 2 aliphatic rings. The first-order valence-electron chi connectivity index (χ1n) is 7.97. The summed E-state index contributed by atoms with van der Waals surface area (Å²) >= 11 is 0. The van der Waals surface area contributed by atoms with Crippen molar-refractivity contribution in [3.05, 3.63) is 40.2 Å². The lowest BCUT2D eigenvalue weighted by molar-refractivity contribution is 0.285. The van der Waals surface area contributed by atoms with Crippen molar-refractivity contribution in [2.45, 2.75) is 51.9 Å². The molecule has 0 aromatic heterocycles. The molecule has 1 fully saturated rings. The first kappa shape index (κ1) is 14.7. The van der Waals surface area contributed by atoms with Gasteiger partial charge in [0.25, 0.3) is 0 Å². The SMILES string of the molecule is CCC[C@H]1CC[C@H](C2=Cc3c(cc(F)c(F)c3F)C2)CC1. The zero-order chi connectivity index (χ0) is 15.0. The van der Waals surface area contributed by atoms with Gasteiger partial charge < -0.3 is 0 Å². The molecule has 0 N–H and O–H groups in total. The maximum absolute atomic E-state index is 13.8. The molecule has 1 aromatic rings. The zero-order valence-electron chi connectivity index (χ0n) is 12.4. The van der Waals surface area contributed by atoms with Gasteiger partial charge in [-0.2, -0.15) is 0 Å². The summed E-state index contributed by atoms with van der Waals surface area (Å²) in [6, 6.07) is 1.15. The Morgan fingerprint density at radius 2 is 1.76 bits per heavy atom. The maximum Gasteiger partial charge on any atom is 0.195 e. The van der Waals surface area contributed by atoms with Crippen LogP contribution >= 0.6 is 0 Å². The lowest BCUT2D eigenvalue weighted by Gasteiger charge is -2.29. The molecule has 0 aliphatic heterocycles. The van der Waals surface area contributed by atoms with Crippen LogP contribution in [-0.4, -0.2) is 0 Å². The summed E-state index contributed by atoms with van der Waals surface area (Å²) in [6.45, 7) is 2.22. The lowest BCUT2D eigenvalue weighted by atomic mass is 9.76. The van der Waals surface area contributed by atoms with Crippen LogP contribution in [0.4, 0.5) is 13.2 Å². The van der Waals surface area contributed by atoms with E-state index in [0.29, 0.717) is 17.9 Å². The number of halogens is 3. The van der Waals surface area contributed by atoms with Crippen LogP contribution in [0, 0.1) is 29.3 Å². The third kappa shape index (κ3) is 2.75. The lowest BCUT2D eigenvalue weighted by Crippen LogP contribution is -2.16. The Morgan fingerprint density at radius 1 is 1.05 bits per heavy atom. The van der Waals surface area contributed by atoms with E-state index in [1.807, 2.05) is 0 Å². The summed E-state index contributed by atoms with van der Waals surface area (Å²) in [5.74, 6) is -2.18. The average Bonchev–Trinajstić information content (AvgIpc) is 2.90. The Hall–Kier alpha value is -1.25. The smallest absolute Gasteiger partial charge is 0.195 e. The third-order valence-corrected chi connectivity index (χ3v) is 5.08. The van der Waals surface area contributed by atoms with Gasteiger partial charge in [0.2, 0.25) is 0 Å². The van der Waals surface area contributed by atoms with E-state index in [0.717, 1.165) is 30.4 Å². The summed E-state index contributed by atoms with van der Waals surface area (Å²) in [4.78, 5) is 0. The van der Waals surface area contributed by atoms with Crippen LogP contribution in [-0.2, 0) is 6.42 Å². The fraction of sp³-hybridized carbons (Fsp3) is 0.556.